The average Bonchev–Trinajstić information content (AvgIpc) is 3.41. The molecule has 0 radical (unpaired) electrons. The van der Waals surface area contributed by atoms with Gasteiger partial charge in [0.25, 0.3) is 0 Å². The second kappa shape index (κ2) is 8.22. The largest absolute Gasteiger partial charge is 0.355 e. The van der Waals surface area contributed by atoms with Crippen molar-refractivity contribution in [2.24, 2.45) is 0 Å². The van der Waals surface area contributed by atoms with E-state index in [1.807, 2.05) is 60.0 Å². The van der Waals surface area contributed by atoms with E-state index < -0.39 is 0 Å². The number of aromatic nitrogens is 1. The van der Waals surface area contributed by atoms with Crippen molar-refractivity contribution in [3.63, 3.8) is 0 Å². The van der Waals surface area contributed by atoms with Crippen LogP contribution in [0.3, 0.4) is 0 Å². The number of rotatable bonds is 5. The highest BCUT2D eigenvalue weighted by molar-refractivity contribution is 7.10. The van der Waals surface area contributed by atoms with Crippen LogP contribution >= 0.6 is 11.3 Å². The van der Waals surface area contributed by atoms with Gasteiger partial charge in [0.15, 0.2) is 5.82 Å². The summed E-state index contributed by atoms with van der Waals surface area (Å²) in [5.41, 5.74) is 1.80. The lowest BCUT2D eigenvalue weighted by Crippen LogP contribution is -2.33. The van der Waals surface area contributed by atoms with Gasteiger partial charge in [-0.25, -0.2) is 9.78 Å². The molecule has 0 saturated carbocycles. The molecule has 1 aromatic carbocycles. The molecular formula is C21H22N4OS. The van der Waals surface area contributed by atoms with Gasteiger partial charge in [0.1, 0.15) is 0 Å². The first-order valence-corrected chi connectivity index (χ1v) is 10.0. The van der Waals surface area contributed by atoms with Crippen LogP contribution in [0, 0.1) is 0 Å². The number of amides is 2. The van der Waals surface area contributed by atoms with Gasteiger partial charge in [-0.05, 0) is 42.0 Å². The SMILES string of the molecule is O=C(Nc1cccnc1N1CCCC1)N[C@H](c1ccccc1)c1cccs1. The number of carbonyl (C=O) groups is 1. The van der Waals surface area contributed by atoms with Crippen LogP contribution in [0.2, 0.25) is 0 Å². The van der Waals surface area contributed by atoms with Gasteiger partial charge in [-0.3, -0.25) is 0 Å². The Hall–Kier alpha value is -2.86. The summed E-state index contributed by atoms with van der Waals surface area (Å²) in [4.78, 5) is 20.6. The lowest BCUT2D eigenvalue weighted by Gasteiger charge is -2.22. The van der Waals surface area contributed by atoms with E-state index in [-0.39, 0.29) is 12.1 Å². The van der Waals surface area contributed by atoms with Crippen LogP contribution in [0.15, 0.2) is 66.2 Å². The first kappa shape index (κ1) is 17.5. The zero-order valence-electron chi connectivity index (χ0n) is 15.0. The highest BCUT2D eigenvalue weighted by Gasteiger charge is 2.21. The summed E-state index contributed by atoms with van der Waals surface area (Å²) in [5.74, 6) is 0.845. The maximum atomic E-state index is 12.8. The van der Waals surface area contributed by atoms with Crippen molar-refractivity contribution in [3.8, 4) is 0 Å². The molecule has 1 aliphatic heterocycles. The van der Waals surface area contributed by atoms with E-state index >= 15 is 0 Å². The summed E-state index contributed by atoms with van der Waals surface area (Å²) < 4.78 is 0. The van der Waals surface area contributed by atoms with E-state index in [0.29, 0.717) is 0 Å². The Morgan fingerprint density at radius 2 is 1.85 bits per heavy atom. The molecular weight excluding hydrogens is 356 g/mol. The van der Waals surface area contributed by atoms with Gasteiger partial charge in [-0.15, -0.1) is 11.3 Å². The molecule has 5 nitrogen and oxygen atoms in total. The molecule has 27 heavy (non-hydrogen) atoms. The number of carbonyl (C=O) groups excluding carboxylic acids is 1. The lowest BCUT2D eigenvalue weighted by atomic mass is 10.1. The normalized spacial score (nSPS) is 14.7. The summed E-state index contributed by atoms with van der Waals surface area (Å²) in [5, 5.41) is 8.14. The monoisotopic (exact) mass is 378 g/mol. The van der Waals surface area contributed by atoms with Crippen molar-refractivity contribution in [3.05, 3.63) is 76.6 Å². The number of nitrogens with zero attached hydrogens (tertiary/aromatic N) is 2. The van der Waals surface area contributed by atoms with Gasteiger partial charge in [0.05, 0.1) is 11.7 Å². The van der Waals surface area contributed by atoms with E-state index in [9.17, 15) is 4.79 Å². The van der Waals surface area contributed by atoms with Crippen LogP contribution in [-0.4, -0.2) is 24.1 Å². The first-order chi connectivity index (χ1) is 13.3. The van der Waals surface area contributed by atoms with Gasteiger partial charge in [0, 0.05) is 24.2 Å². The summed E-state index contributed by atoms with van der Waals surface area (Å²) in [7, 11) is 0. The maximum Gasteiger partial charge on any atom is 0.320 e. The van der Waals surface area contributed by atoms with Gasteiger partial charge in [0.2, 0.25) is 0 Å². The van der Waals surface area contributed by atoms with Crippen LogP contribution in [0.25, 0.3) is 0 Å². The number of nitrogens with one attached hydrogen (secondary N) is 2. The van der Waals surface area contributed by atoms with E-state index in [2.05, 4.69) is 20.5 Å². The number of pyridine rings is 1. The van der Waals surface area contributed by atoms with E-state index in [0.717, 1.165) is 47.9 Å². The highest BCUT2D eigenvalue weighted by Crippen LogP contribution is 2.28. The van der Waals surface area contributed by atoms with Gasteiger partial charge >= 0.3 is 6.03 Å². The average molecular weight is 379 g/mol. The zero-order chi connectivity index (χ0) is 18.5. The number of urea groups is 1. The molecule has 6 heteroatoms. The Bertz CT molecular complexity index is 876. The molecule has 1 saturated heterocycles. The van der Waals surface area contributed by atoms with Crippen molar-refractivity contribution < 1.29 is 4.79 Å². The first-order valence-electron chi connectivity index (χ1n) is 9.17. The number of thiophene rings is 1. The Morgan fingerprint density at radius 1 is 1.04 bits per heavy atom. The molecule has 138 valence electrons. The second-order valence-corrected chi connectivity index (χ2v) is 7.51. The van der Waals surface area contributed by atoms with E-state index in [1.165, 1.54) is 0 Å². The number of anilines is 2. The molecule has 3 aromatic rings. The molecule has 2 amide bonds. The minimum Gasteiger partial charge on any atom is -0.355 e. The molecule has 0 bridgehead atoms. The topological polar surface area (TPSA) is 57.3 Å². The van der Waals surface area contributed by atoms with Crippen LogP contribution in [0.5, 0.6) is 0 Å². The molecule has 1 atom stereocenters. The molecule has 4 rings (SSSR count). The Morgan fingerprint density at radius 3 is 2.59 bits per heavy atom. The Labute approximate surface area is 163 Å². The molecule has 0 spiro atoms. The smallest absolute Gasteiger partial charge is 0.320 e. The predicted molar refractivity (Wildman–Crippen MR) is 110 cm³/mol. The number of hydrogen-bond donors (Lipinski definition) is 2. The van der Waals surface area contributed by atoms with Crippen LogP contribution in [-0.2, 0) is 0 Å². The van der Waals surface area contributed by atoms with Gasteiger partial charge in [-0.2, -0.15) is 0 Å². The molecule has 1 aliphatic rings. The quantitative estimate of drug-likeness (QED) is 0.679. The molecule has 0 aliphatic carbocycles. The predicted octanol–water partition coefficient (Wildman–Crippen LogP) is 4.65. The molecule has 2 aromatic heterocycles. The highest BCUT2D eigenvalue weighted by atomic mass is 32.1. The Balaban J connectivity index is 1.53. The van der Waals surface area contributed by atoms with Crippen LogP contribution in [0.1, 0.15) is 29.3 Å². The fraction of sp³-hybridized carbons (Fsp3) is 0.238. The van der Waals surface area contributed by atoms with Crippen molar-refractivity contribution >= 4 is 28.9 Å². The van der Waals surface area contributed by atoms with E-state index in [1.54, 1.807) is 17.5 Å². The van der Waals surface area contributed by atoms with Crippen molar-refractivity contribution in [2.45, 2.75) is 18.9 Å². The summed E-state index contributed by atoms with van der Waals surface area (Å²) >= 11 is 1.63. The van der Waals surface area contributed by atoms with Crippen molar-refractivity contribution in [1.82, 2.24) is 10.3 Å². The molecule has 2 N–H and O–H groups in total. The number of benzene rings is 1. The zero-order valence-corrected chi connectivity index (χ0v) is 15.8. The summed E-state index contributed by atoms with van der Waals surface area (Å²) in [6.45, 7) is 1.96. The fourth-order valence-corrected chi connectivity index (χ4v) is 4.19. The van der Waals surface area contributed by atoms with Gasteiger partial charge in [-0.1, -0.05) is 36.4 Å². The van der Waals surface area contributed by atoms with Gasteiger partial charge < -0.3 is 15.5 Å². The Kier molecular flexibility index (Phi) is 5.34. The van der Waals surface area contributed by atoms with Crippen molar-refractivity contribution in [1.29, 1.82) is 0 Å². The lowest BCUT2D eigenvalue weighted by molar-refractivity contribution is 0.250. The standard InChI is InChI=1S/C21H22N4OS/c26-21(23-17-10-6-12-22-20(17)25-13-4-5-14-25)24-19(18-11-7-15-27-18)16-8-2-1-3-9-16/h1-3,6-12,15,19H,4-5,13-14H2,(H2,23,24,26)/t19-/m1/s1. The summed E-state index contributed by atoms with van der Waals surface area (Å²) in [6, 6.07) is 17.4. The molecule has 1 fully saturated rings. The molecule has 3 heterocycles. The van der Waals surface area contributed by atoms with Crippen LogP contribution in [0.4, 0.5) is 16.3 Å². The summed E-state index contributed by atoms with van der Waals surface area (Å²) in [6.07, 6.45) is 4.10. The number of hydrogen-bond acceptors (Lipinski definition) is 4. The molecule has 0 unspecified atom stereocenters. The second-order valence-electron chi connectivity index (χ2n) is 6.53. The van der Waals surface area contributed by atoms with Crippen molar-refractivity contribution in [2.75, 3.05) is 23.3 Å². The minimum atomic E-state index is -0.231. The fourth-order valence-electron chi connectivity index (χ4n) is 3.38. The third-order valence-electron chi connectivity index (χ3n) is 4.68. The van der Waals surface area contributed by atoms with E-state index in [4.69, 9.17) is 0 Å². The maximum absolute atomic E-state index is 12.8. The third-order valence-corrected chi connectivity index (χ3v) is 5.61. The minimum absolute atomic E-state index is 0.182. The third kappa shape index (κ3) is 4.11. The van der Waals surface area contributed by atoms with Crippen LogP contribution < -0.4 is 15.5 Å².